The minimum absolute atomic E-state index is 0.0433. The van der Waals surface area contributed by atoms with Crippen molar-refractivity contribution in [2.24, 2.45) is 0 Å². The summed E-state index contributed by atoms with van der Waals surface area (Å²) in [6.07, 6.45) is 3.05. The second-order valence-electron chi connectivity index (χ2n) is 7.66. The summed E-state index contributed by atoms with van der Waals surface area (Å²) >= 11 is 0. The Hall–Kier alpha value is -4.51. The molecule has 180 valence electrons. The molecule has 4 rings (SSSR count). The Balaban J connectivity index is 1.70. The Morgan fingerprint density at radius 1 is 1.11 bits per heavy atom. The van der Waals surface area contributed by atoms with E-state index in [1.165, 1.54) is 17.9 Å². The van der Waals surface area contributed by atoms with Gasteiger partial charge in [-0.05, 0) is 24.6 Å². The maximum atomic E-state index is 13.3. The van der Waals surface area contributed by atoms with Gasteiger partial charge in [0.05, 0.1) is 30.6 Å². The highest BCUT2D eigenvalue weighted by Crippen LogP contribution is 2.19. The van der Waals surface area contributed by atoms with Gasteiger partial charge in [0.15, 0.2) is 5.82 Å². The first-order valence-electron chi connectivity index (χ1n) is 10.9. The molecule has 0 aliphatic rings. The van der Waals surface area contributed by atoms with E-state index >= 15 is 0 Å². The van der Waals surface area contributed by atoms with Crippen LogP contribution < -0.4 is 21.9 Å². The van der Waals surface area contributed by atoms with Crippen LogP contribution >= 0.6 is 0 Å². The van der Waals surface area contributed by atoms with Crippen molar-refractivity contribution in [1.29, 1.82) is 0 Å². The zero-order valence-corrected chi connectivity index (χ0v) is 19.3. The van der Waals surface area contributed by atoms with Crippen LogP contribution in [0.2, 0.25) is 0 Å². The fraction of sp³-hybridized carbons (Fsp3) is 0.208. The van der Waals surface area contributed by atoms with Crippen LogP contribution in [0.3, 0.4) is 0 Å². The van der Waals surface area contributed by atoms with E-state index in [2.05, 4.69) is 25.7 Å². The zero-order valence-electron chi connectivity index (χ0n) is 19.3. The number of aromatic nitrogens is 5. The SMILES string of the molecule is COCCn1c(NC(=O)c2cnn(-c3ccccn3)c2C)c(NCc2ccccc2)c(=O)[nH]c1=O. The average Bonchev–Trinajstić information content (AvgIpc) is 3.26. The molecule has 1 aromatic carbocycles. The van der Waals surface area contributed by atoms with E-state index < -0.39 is 17.2 Å². The molecule has 3 heterocycles. The summed E-state index contributed by atoms with van der Waals surface area (Å²) in [5.74, 6) is 0.0766. The molecule has 0 saturated carbocycles. The maximum absolute atomic E-state index is 13.3. The number of methoxy groups -OCH3 is 1. The standard InChI is InChI=1S/C24H25N7O4/c1-16-18(15-27-31(16)19-10-6-7-11-25-19)22(32)28-21-20(26-14-17-8-4-3-5-9-17)23(33)29-24(34)30(21)12-13-35-2/h3-11,15,26H,12-14H2,1-2H3,(H,28,32)(H,29,33,34). The van der Waals surface area contributed by atoms with Crippen molar-refractivity contribution in [3.63, 3.8) is 0 Å². The first-order valence-corrected chi connectivity index (χ1v) is 10.9. The third-order valence-electron chi connectivity index (χ3n) is 5.38. The van der Waals surface area contributed by atoms with E-state index in [4.69, 9.17) is 4.74 Å². The molecule has 1 amide bonds. The molecule has 0 atom stereocenters. The van der Waals surface area contributed by atoms with Crippen LogP contribution in [-0.4, -0.2) is 43.9 Å². The Morgan fingerprint density at radius 3 is 2.60 bits per heavy atom. The largest absolute Gasteiger partial charge is 0.383 e. The molecule has 3 aromatic heterocycles. The van der Waals surface area contributed by atoms with Gasteiger partial charge in [-0.1, -0.05) is 36.4 Å². The highest BCUT2D eigenvalue weighted by molar-refractivity contribution is 6.05. The van der Waals surface area contributed by atoms with Gasteiger partial charge in [-0.25, -0.2) is 14.5 Å². The molecule has 11 nitrogen and oxygen atoms in total. The number of H-pyrrole nitrogens is 1. The summed E-state index contributed by atoms with van der Waals surface area (Å²) in [6, 6.07) is 14.8. The first kappa shape index (κ1) is 23.6. The Kier molecular flexibility index (Phi) is 7.17. The summed E-state index contributed by atoms with van der Waals surface area (Å²) in [6.45, 7) is 2.37. The summed E-state index contributed by atoms with van der Waals surface area (Å²) in [5.41, 5.74) is 0.509. The molecule has 0 bridgehead atoms. The van der Waals surface area contributed by atoms with Crippen molar-refractivity contribution in [2.45, 2.75) is 20.0 Å². The second-order valence-corrected chi connectivity index (χ2v) is 7.66. The molecule has 0 fully saturated rings. The number of carbonyl (C=O) groups excluding carboxylic acids is 1. The van der Waals surface area contributed by atoms with Crippen molar-refractivity contribution >= 4 is 17.4 Å². The topological polar surface area (TPSA) is 136 Å². The second kappa shape index (κ2) is 10.6. The fourth-order valence-corrected chi connectivity index (χ4v) is 3.56. The van der Waals surface area contributed by atoms with Gasteiger partial charge in [0, 0.05) is 19.9 Å². The monoisotopic (exact) mass is 475 g/mol. The van der Waals surface area contributed by atoms with Crippen LogP contribution in [0.5, 0.6) is 0 Å². The van der Waals surface area contributed by atoms with E-state index in [-0.39, 0.29) is 30.2 Å². The van der Waals surface area contributed by atoms with Crippen LogP contribution in [-0.2, 0) is 17.8 Å². The number of aromatic amines is 1. The van der Waals surface area contributed by atoms with E-state index in [1.54, 1.807) is 29.9 Å². The molecule has 3 N–H and O–H groups in total. The Labute approximate surface area is 200 Å². The zero-order chi connectivity index (χ0) is 24.8. The van der Waals surface area contributed by atoms with Gasteiger partial charge in [-0.3, -0.25) is 19.1 Å². The lowest BCUT2D eigenvalue weighted by Gasteiger charge is -2.17. The summed E-state index contributed by atoms with van der Waals surface area (Å²) in [4.78, 5) is 45.2. The molecule has 0 radical (unpaired) electrons. The van der Waals surface area contributed by atoms with Crippen LogP contribution in [0, 0.1) is 6.92 Å². The van der Waals surface area contributed by atoms with Gasteiger partial charge >= 0.3 is 5.69 Å². The minimum atomic E-state index is -0.659. The molecule has 35 heavy (non-hydrogen) atoms. The number of benzene rings is 1. The molecule has 0 saturated heterocycles. The lowest BCUT2D eigenvalue weighted by molar-refractivity contribution is 0.102. The van der Waals surface area contributed by atoms with Crippen LogP contribution in [0.4, 0.5) is 11.5 Å². The van der Waals surface area contributed by atoms with Crippen molar-refractivity contribution in [3.8, 4) is 5.82 Å². The molecular weight excluding hydrogens is 450 g/mol. The van der Waals surface area contributed by atoms with Crippen LogP contribution in [0.15, 0.2) is 70.5 Å². The number of ether oxygens (including phenoxy) is 1. The van der Waals surface area contributed by atoms with Crippen LogP contribution in [0.1, 0.15) is 21.6 Å². The number of nitrogens with one attached hydrogen (secondary N) is 3. The van der Waals surface area contributed by atoms with Crippen molar-refractivity contribution in [1.82, 2.24) is 24.3 Å². The molecular formula is C24H25N7O4. The van der Waals surface area contributed by atoms with Crippen molar-refractivity contribution in [2.75, 3.05) is 24.4 Å². The van der Waals surface area contributed by atoms with E-state index in [0.717, 1.165) is 5.56 Å². The van der Waals surface area contributed by atoms with Gasteiger partial charge < -0.3 is 15.4 Å². The lowest BCUT2D eigenvalue weighted by Crippen LogP contribution is -2.36. The molecule has 0 aliphatic carbocycles. The van der Waals surface area contributed by atoms with Crippen molar-refractivity contribution < 1.29 is 9.53 Å². The molecule has 0 aliphatic heterocycles. The van der Waals surface area contributed by atoms with Crippen LogP contribution in [0.25, 0.3) is 5.82 Å². The number of amides is 1. The first-order chi connectivity index (χ1) is 17.0. The number of pyridine rings is 1. The molecule has 0 unspecified atom stereocenters. The maximum Gasteiger partial charge on any atom is 0.330 e. The van der Waals surface area contributed by atoms with Gasteiger partial charge in [-0.15, -0.1) is 0 Å². The number of hydrogen-bond acceptors (Lipinski definition) is 7. The third-order valence-corrected chi connectivity index (χ3v) is 5.38. The van der Waals surface area contributed by atoms with E-state index in [9.17, 15) is 14.4 Å². The summed E-state index contributed by atoms with van der Waals surface area (Å²) in [5, 5.41) is 10.1. The highest BCUT2D eigenvalue weighted by Gasteiger charge is 2.21. The highest BCUT2D eigenvalue weighted by atomic mass is 16.5. The lowest BCUT2D eigenvalue weighted by atomic mass is 10.2. The number of nitrogens with zero attached hydrogens (tertiary/aromatic N) is 4. The van der Waals surface area contributed by atoms with Gasteiger partial charge in [0.1, 0.15) is 11.5 Å². The average molecular weight is 476 g/mol. The van der Waals surface area contributed by atoms with Gasteiger partial charge in [0.25, 0.3) is 11.5 Å². The minimum Gasteiger partial charge on any atom is -0.383 e. The third kappa shape index (κ3) is 5.20. The molecule has 0 spiro atoms. The van der Waals surface area contributed by atoms with Gasteiger partial charge in [0.2, 0.25) is 0 Å². The van der Waals surface area contributed by atoms with Crippen molar-refractivity contribution in [3.05, 3.63) is 98.6 Å². The van der Waals surface area contributed by atoms with Gasteiger partial charge in [-0.2, -0.15) is 5.10 Å². The predicted octanol–water partition coefficient (Wildman–Crippen LogP) is 1.94. The predicted molar refractivity (Wildman–Crippen MR) is 131 cm³/mol. The van der Waals surface area contributed by atoms with E-state index in [0.29, 0.717) is 18.1 Å². The number of hydrogen-bond donors (Lipinski definition) is 3. The Bertz CT molecular complexity index is 1430. The number of carbonyl (C=O) groups is 1. The molecule has 4 aromatic rings. The fourth-order valence-electron chi connectivity index (χ4n) is 3.56. The number of rotatable bonds is 9. The smallest absolute Gasteiger partial charge is 0.330 e. The molecule has 11 heteroatoms. The summed E-state index contributed by atoms with van der Waals surface area (Å²) in [7, 11) is 1.50. The van der Waals surface area contributed by atoms with E-state index in [1.807, 2.05) is 36.4 Å². The quantitative estimate of drug-likeness (QED) is 0.337. The number of anilines is 2. The normalized spacial score (nSPS) is 10.8. The Morgan fingerprint density at radius 2 is 1.89 bits per heavy atom. The summed E-state index contributed by atoms with van der Waals surface area (Å²) < 4.78 is 7.91.